The first-order chi connectivity index (χ1) is 10.6. The summed E-state index contributed by atoms with van der Waals surface area (Å²) < 4.78 is 0. The minimum absolute atomic E-state index is 0. The van der Waals surface area contributed by atoms with E-state index in [2.05, 4.69) is 0 Å². The van der Waals surface area contributed by atoms with Crippen molar-refractivity contribution < 1.29 is 19.5 Å². The molecule has 1 saturated heterocycles. The largest absolute Gasteiger partial charge is 0.480 e. The summed E-state index contributed by atoms with van der Waals surface area (Å²) in [6.07, 6.45) is 2.14. The van der Waals surface area contributed by atoms with E-state index in [1.807, 2.05) is 4.90 Å². The van der Waals surface area contributed by atoms with Crippen molar-refractivity contribution in [2.24, 2.45) is 0 Å². The Morgan fingerprint density at radius 2 is 1.74 bits per heavy atom. The van der Waals surface area contributed by atoms with E-state index in [-0.39, 0.29) is 24.2 Å². The predicted octanol–water partition coefficient (Wildman–Crippen LogP) is 1.64. The van der Waals surface area contributed by atoms with Gasteiger partial charge >= 0.3 is 5.97 Å². The van der Waals surface area contributed by atoms with E-state index in [9.17, 15) is 14.4 Å². The number of benzene rings is 1. The van der Waals surface area contributed by atoms with Gasteiger partial charge in [0.1, 0.15) is 6.04 Å². The molecule has 2 amide bonds. The van der Waals surface area contributed by atoms with E-state index in [1.165, 1.54) is 4.90 Å². The van der Waals surface area contributed by atoms with Gasteiger partial charge in [-0.25, -0.2) is 0 Å². The molecule has 2 heterocycles. The quantitative estimate of drug-likeness (QED) is 0.826. The minimum Gasteiger partial charge on any atom is -0.480 e. The van der Waals surface area contributed by atoms with Crippen LogP contribution >= 0.6 is 12.4 Å². The predicted molar refractivity (Wildman–Crippen MR) is 85.9 cm³/mol. The third kappa shape index (κ3) is 3.23. The molecule has 0 bridgehead atoms. The van der Waals surface area contributed by atoms with Crippen LogP contribution < -0.4 is 0 Å². The standard InChI is InChI=1S/C16H18N2O4.ClH/c19-14-11-5-1-2-6-12(11)15(20)18(14)10-4-9-17-8-3-7-13(17)16(21)22;/h1-2,5-6,13H,3-4,7-10H2,(H,21,22);1H. The van der Waals surface area contributed by atoms with E-state index in [1.54, 1.807) is 24.3 Å². The Bertz CT molecular complexity index is 599. The van der Waals surface area contributed by atoms with Crippen molar-refractivity contribution >= 4 is 30.2 Å². The van der Waals surface area contributed by atoms with E-state index in [4.69, 9.17) is 5.11 Å². The number of carboxylic acids is 1. The van der Waals surface area contributed by atoms with Crippen LogP contribution in [0.1, 0.15) is 40.0 Å². The van der Waals surface area contributed by atoms with Crippen LogP contribution in [0.3, 0.4) is 0 Å². The first kappa shape index (κ1) is 17.4. The van der Waals surface area contributed by atoms with Gasteiger partial charge < -0.3 is 5.11 Å². The van der Waals surface area contributed by atoms with Gasteiger partial charge in [-0.2, -0.15) is 0 Å². The molecule has 0 aliphatic carbocycles. The Morgan fingerprint density at radius 3 is 2.30 bits per heavy atom. The number of carboxylic acid groups (broad SMARTS) is 1. The molecule has 2 aliphatic rings. The second kappa shape index (κ2) is 7.10. The van der Waals surface area contributed by atoms with Crippen LogP contribution in [0.4, 0.5) is 0 Å². The lowest BCUT2D eigenvalue weighted by atomic mass is 10.1. The molecular weight excluding hydrogens is 320 g/mol. The number of imide groups is 1. The lowest BCUT2D eigenvalue weighted by Crippen LogP contribution is -2.38. The molecule has 124 valence electrons. The Labute approximate surface area is 140 Å². The van der Waals surface area contributed by atoms with Gasteiger partial charge in [-0.15, -0.1) is 12.4 Å². The van der Waals surface area contributed by atoms with Crippen molar-refractivity contribution in [3.63, 3.8) is 0 Å². The molecule has 7 heteroatoms. The average molecular weight is 339 g/mol. The average Bonchev–Trinajstić information content (AvgIpc) is 3.07. The summed E-state index contributed by atoms with van der Waals surface area (Å²) in [6, 6.07) is 6.39. The fraction of sp³-hybridized carbons (Fsp3) is 0.438. The van der Waals surface area contributed by atoms with E-state index >= 15 is 0 Å². The number of nitrogens with zero attached hydrogens (tertiary/aromatic N) is 2. The van der Waals surface area contributed by atoms with Gasteiger partial charge in [0.2, 0.25) is 0 Å². The number of hydrogen-bond donors (Lipinski definition) is 1. The molecular formula is C16H19ClN2O4. The number of likely N-dealkylation sites (tertiary alicyclic amines) is 1. The molecule has 0 radical (unpaired) electrons. The topological polar surface area (TPSA) is 77.9 Å². The molecule has 6 nitrogen and oxygen atoms in total. The summed E-state index contributed by atoms with van der Waals surface area (Å²) in [5.74, 6) is -1.30. The monoisotopic (exact) mass is 338 g/mol. The Balaban J connectivity index is 0.00000192. The number of amides is 2. The highest BCUT2D eigenvalue weighted by atomic mass is 35.5. The van der Waals surface area contributed by atoms with E-state index in [0.717, 1.165) is 13.0 Å². The van der Waals surface area contributed by atoms with E-state index in [0.29, 0.717) is 37.1 Å². The van der Waals surface area contributed by atoms with Gasteiger partial charge in [0, 0.05) is 13.1 Å². The highest BCUT2D eigenvalue weighted by Gasteiger charge is 2.35. The number of halogens is 1. The van der Waals surface area contributed by atoms with E-state index < -0.39 is 12.0 Å². The number of rotatable bonds is 5. The van der Waals surface area contributed by atoms with Crippen LogP contribution in [0, 0.1) is 0 Å². The van der Waals surface area contributed by atoms with Gasteiger partial charge in [-0.3, -0.25) is 24.2 Å². The summed E-state index contributed by atoms with van der Waals surface area (Å²) >= 11 is 0. The highest BCUT2D eigenvalue weighted by Crippen LogP contribution is 2.23. The maximum absolute atomic E-state index is 12.2. The lowest BCUT2D eigenvalue weighted by molar-refractivity contribution is -0.142. The van der Waals surface area contributed by atoms with Crippen molar-refractivity contribution in [2.45, 2.75) is 25.3 Å². The normalized spacial score (nSPS) is 20.5. The fourth-order valence-corrected chi connectivity index (χ4v) is 3.25. The van der Waals surface area contributed by atoms with Crippen LogP contribution in [-0.4, -0.2) is 58.4 Å². The molecule has 1 atom stereocenters. The number of aliphatic carboxylic acids is 1. The van der Waals surface area contributed by atoms with Crippen LogP contribution in [0.15, 0.2) is 24.3 Å². The molecule has 0 spiro atoms. The fourth-order valence-electron chi connectivity index (χ4n) is 3.25. The Kier molecular flexibility index (Phi) is 5.38. The van der Waals surface area contributed by atoms with Crippen LogP contribution in [0.5, 0.6) is 0 Å². The van der Waals surface area contributed by atoms with Crippen molar-refractivity contribution in [2.75, 3.05) is 19.6 Å². The molecule has 1 fully saturated rings. The Morgan fingerprint density at radius 1 is 1.13 bits per heavy atom. The smallest absolute Gasteiger partial charge is 0.320 e. The molecule has 1 aromatic carbocycles. The third-order valence-electron chi connectivity index (χ3n) is 4.35. The number of fused-ring (bicyclic) bond motifs is 1. The maximum atomic E-state index is 12.2. The second-order valence-electron chi connectivity index (χ2n) is 5.69. The Hall–Kier alpha value is -1.92. The summed E-state index contributed by atoms with van der Waals surface area (Å²) in [5.41, 5.74) is 0.911. The van der Waals surface area contributed by atoms with Crippen LogP contribution in [0.25, 0.3) is 0 Å². The van der Waals surface area contributed by atoms with Crippen LogP contribution in [0.2, 0.25) is 0 Å². The van der Waals surface area contributed by atoms with Crippen molar-refractivity contribution in [3.05, 3.63) is 35.4 Å². The molecule has 23 heavy (non-hydrogen) atoms. The zero-order valence-electron chi connectivity index (χ0n) is 12.6. The molecule has 1 aromatic rings. The van der Waals surface area contributed by atoms with Crippen molar-refractivity contribution in [1.82, 2.24) is 9.80 Å². The summed E-state index contributed by atoms with van der Waals surface area (Å²) in [4.78, 5) is 38.7. The molecule has 2 aliphatic heterocycles. The maximum Gasteiger partial charge on any atom is 0.320 e. The molecule has 0 aromatic heterocycles. The van der Waals surface area contributed by atoms with Gasteiger partial charge in [0.05, 0.1) is 11.1 Å². The summed E-state index contributed by atoms with van der Waals surface area (Å²) in [7, 11) is 0. The highest BCUT2D eigenvalue weighted by molar-refractivity contribution is 6.21. The van der Waals surface area contributed by atoms with Crippen molar-refractivity contribution in [3.8, 4) is 0 Å². The number of carbonyl (C=O) groups excluding carboxylic acids is 2. The van der Waals surface area contributed by atoms with Crippen molar-refractivity contribution in [1.29, 1.82) is 0 Å². The zero-order valence-corrected chi connectivity index (χ0v) is 13.4. The lowest BCUT2D eigenvalue weighted by Gasteiger charge is -2.22. The third-order valence-corrected chi connectivity index (χ3v) is 4.35. The summed E-state index contributed by atoms with van der Waals surface area (Å²) in [5, 5.41) is 9.14. The molecule has 0 saturated carbocycles. The van der Waals surface area contributed by atoms with Gasteiger partial charge in [-0.05, 0) is 37.9 Å². The minimum atomic E-state index is -0.793. The molecule has 1 N–H and O–H groups in total. The zero-order chi connectivity index (χ0) is 15.7. The number of hydrogen-bond acceptors (Lipinski definition) is 4. The number of carbonyl (C=O) groups is 3. The first-order valence-electron chi connectivity index (χ1n) is 7.51. The first-order valence-corrected chi connectivity index (χ1v) is 7.51. The van der Waals surface area contributed by atoms with Gasteiger partial charge in [0.25, 0.3) is 11.8 Å². The molecule has 1 unspecified atom stereocenters. The van der Waals surface area contributed by atoms with Gasteiger partial charge in [0.15, 0.2) is 0 Å². The second-order valence-corrected chi connectivity index (χ2v) is 5.69. The SMILES string of the molecule is Cl.O=C(O)C1CCCN1CCCN1C(=O)c2ccccc2C1=O. The van der Waals surface area contributed by atoms with Crippen LogP contribution in [-0.2, 0) is 4.79 Å². The van der Waals surface area contributed by atoms with Gasteiger partial charge in [-0.1, -0.05) is 12.1 Å². The summed E-state index contributed by atoms with van der Waals surface area (Å²) in [6.45, 7) is 1.68. The molecule has 3 rings (SSSR count).